The molecule has 0 N–H and O–H groups in total. The molecule has 3 heterocycles. The number of hydrogen-bond acceptors (Lipinski definition) is 4. The van der Waals surface area contributed by atoms with Gasteiger partial charge in [0.1, 0.15) is 5.65 Å². The van der Waals surface area contributed by atoms with Crippen LogP contribution in [-0.4, -0.2) is 45.4 Å². The maximum Gasteiger partial charge on any atom is 0.416 e. The second-order valence-corrected chi connectivity index (χ2v) is 8.33. The van der Waals surface area contributed by atoms with Gasteiger partial charge in [-0.15, -0.1) is 0 Å². The lowest BCUT2D eigenvalue weighted by Gasteiger charge is -2.34. The number of fused-ring (bicyclic) bond motifs is 1. The van der Waals surface area contributed by atoms with Crippen molar-refractivity contribution in [1.82, 2.24) is 19.2 Å². The Morgan fingerprint density at radius 1 is 0.967 bits per heavy atom. The lowest BCUT2D eigenvalue weighted by Crippen LogP contribution is -2.45. The van der Waals surface area contributed by atoms with Gasteiger partial charge in [-0.05, 0) is 39.7 Å². The number of piperazine rings is 1. The van der Waals surface area contributed by atoms with Gasteiger partial charge in [-0.2, -0.15) is 13.2 Å². The first-order valence-corrected chi connectivity index (χ1v) is 10.4. The quantitative estimate of drug-likeness (QED) is 0.569. The van der Waals surface area contributed by atoms with E-state index < -0.39 is 11.7 Å². The molecule has 158 valence electrons. The summed E-state index contributed by atoms with van der Waals surface area (Å²) in [7, 11) is 0. The highest BCUT2D eigenvalue weighted by atomic mass is 79.9. The Morgan fingerprint density at radius 3 is 2.37 bits per heavy atom. The van der Waals surface area contributed by atoms with Gasteiger partial charge in [-0.3, -0.25) is 19.0 Å². The van der Waals surface area contributed by atoms with Crippen molar-refractivity contribution in [2.24, 2.45) is 0 Å². The number of halogens is 4. The van der Waals surface area contributed by atoms with Crippen LogP contribution < -0.4 is 5.56 Å². The van der Waals surface area contributed by atoms with E-state index in [1.807, 2.05) is 6.07 Å². The zero-order valence-corrected chi connectivity index (χ0v) is 17.7. The number of pyridine rings is 1. The van der Waals surface area contributed by atoms with Crippen molar-refractivity contribution in [2.45, 2.75) is 19.3 Å². The molecule has 0 spiro atoms. The first-order chi connectivity index (χ1) is 14.3. The number of benzene rings is 1. The van der Waals surface area contributed by atoms with Gasteiger partial charge < -0.3 is 0 Å². The molecule has 0 unspecified atom stereocenters. The highest BCUT2D eigenvalue weighted by molar-refractivity contribution is 9.10. The second kappa shape index (κ2) is 8.49. The fourth-order valence-electron chi connectivity index (χ4n) is 3.65. The van der Waals surface area contributed by atoms with E-state index in [2.05, 4.69) is 30.7 Å². The summed E-state index contributed by atoms with van der Waals surface area (Å²) in [6.45, 7) is 4.08. The largest absolute Gasteiger partial charge is 0.416 e. The summed E-state index contributed by atoms with van der Waals surface area (Å²) in [4.78, 5) is 21.3. The van der Waals surface area contributed by atoms with Crippen LogP contribution in [0.25, 0.3) is 5.65 Å². The van der Waals surface area contributed by atoms with Gasteiger partial charge in [-0.1, -0.05) is 18.2 Å². The lowest BCUT2D eigenvalue weighted by atomic mass is 10.1. The Morgan fingerprint density at radius 2 is 1.67 bits per heavy atom. The smallest absolute Gasteiger partial charge is 0.297 e. The van der Waals surface area contributed by atoms with Crippen LogP contribution >= 0.6 is 15.9 Å². The van der Waals surface area contributed by atoms with Crippen molar-refractivity contribution in [2.75, 3.05) is 26.2 Å². The van der Waals surface area contributed by atoms with Gasteiger partial charge in [0.15, 0.2) is 0 Å². The van der Waals surface area contributed by atoms with Crippen LogP contribution in [0.1, 0.15) is 16.8 Å². The van der Waals surface area contributed by atoms with Gasteiger partial charge in [-0.25, -0.2) is 4.98 Å². The second-order valence-electron chi connectivity index (χ2n) is 7.41. The summed E-state index contributed by atoms with van der Waals surface area (Å²) in [6.07, 6.45) is -2.63. The molecule has 0 aliphatic carbocycles. The molecule has 1 aliphatic rings. The molecule has 1 saturated heterocycles. The zero-order valence-electron chi connectivity index (χ0n) is 16.1. The fraction of sp³-hybridized carbons (Fsp3) is 0.333. The standard InChI is InChI=1S/C21H20BrF3N4O/c22-17-4-5-19-26-18(11-20(30)29(19)13-17)14-28-8-6-27(7-9-28)12-15-2-1-3-16(10-15)21(23,24)25/h1-5,10-11,13H,6-9,12,14H2. The third-order valence-electron chi connectivity index (χ3n) is 5.19. The summed E-state index contributed by atoms with van der Waals surface area (Å²) < 4.78 is 41.0. The number of rotatable bonds is 4. The van der Waals surface area contributed by atoms with Gasteiger partial charge in [0.05, 0.1) is 11.3 Å². The van der Waals surface area contributed by atoms with E-state index in [9.17, 15) is 18.0 Å². The third kappa shape index (κ3) is 4.91. The van der Waals surface area contributed by atoms with Crippen LogP contribution in [-0.2, 0) is 19.3 Å². The SMILES string of the molecule is O=c1cc(CN2CCN(Cc3cccc(C(F)(F)F)c3)CC2)nc2ccc(Br)cn12. The van der Waals surface area contributed by atoms with E-state index >= 15 is 0 Å². The maximum absolute atomic E-state index is 12.9. The van der Waals surface area contributed by atoms with Crippen molar-refractivity contribution in [3.63, 3.8) is 0 Å². The molecule has 0 radical (unpaired) electrons. The molecule has 4 rings (SSSR count). The van der Waals surface area contributed by atoms with Crippen molar-refractivity contribution >= 4 is 21.6 Å². The van der Waals surface area contributed by atoms with Crippen molar-refractivity contribution in [1.29, 1.82) is 0 Å². The van der Waals surface area contributed by atoms with Crippen LogP contribution in [0.4, 0.5) is 13.2 Å². The number of alkyl halides is 3. The molecule has 3 aromatic rings. The van der Waals surface area contributed by atoms with Gasteiger partial charge >= 0.3 is 6.18 Å². The molecule has 5 nitrogen and oxygen atoms in total. The van der Waals surface area contributed by atoms with E-state index in [-0.39, 0.29) is 5.56 Å². The zero-order chi connectivity index (χ0) is 21.3. The van der Waals surface area contributed by atoms with E-state index in [0.717, 1.165) is 36.7 Å². The Hall–Kier alpha value is -2.23. The van der Waals surface area contributed by atoms with Gasteiger partial charge in [0.2, 0.25) is 0 Å². The van der Waals surface area contributed by atoms with E-state index in [4.69, 9.17) is 0 Å². The number of hydrogen-bond donors (Lipinski definition) is 0. The number of aromatic nitrogens is 2. The van der Waals surface area contributed by atoms with Gasteiger partial charge in [0.25, 0.3) is 5.56 Å². The molecule has 0 saturated carbocycles. The van der Waals surface area contributed by atoms with Crippen LogP contribution in [0.2, 0.25) is 0 Å². The molecule has 30 heavy (non-hydrogen) atoms. The lowest BCUT2D eigenvalue weighted by molar-refractivity contribution is -0.137. The van der Waals surface area contributed by atoms with Crippen LogP contribution in [0.5, 0.6) is 0 Å². The molecule has 1 fully saturated rings. The molecule has 9 heteroatoms. The van der Waals surface area contributed by atoms with Crippen LogP contribution in [0.15, 0.2) is 57.9 Å². The minimum absolute atomic E-state index is 0.125. The summed E-state index contributed by atoms with van der Waals surface area (Å²) in [5.41, 5.74) is 1.24. The molecule has 1 aliphatic heterocycles. The van der Waals surface area contributed by atoms with Gasteiger partial charge in [0, 0.05) is 56.0 Å². The normalized spacial score (nSPS) is 16.3. The average molecular weight is 481 g/mol. The molecule has 0 bridgehead atoms. The minimum Gasteiger partial charge on any atom is -0.297 e. The van der Waals surface area contributed by atoms with E-state index in [0.29, 0.717) is 30.0 Å². The highest BCUT2D eigenvalue weighted by Gasteiger charge is 2.30. The molecular weight excluding hydrogens is 461 g/mol. The van der Waals surface area contributed by atoms with Crippen molar-refractivity contribution in [3.05, 3.63) is 80.3 Å². The summed E-state index contributed by atoms with van der Waals surface area (Å²) in [5.74, 6) is 0. The molecule has 0 amide bonds. The van der Waals surface area contributed by atoms with Crippen LogP contribution in [0.3, 0.4) is 0 Å². The average Bonchev–Trinajstić information content (AvgIpc) is 2.70. The summed E-state index contributed by atoms with van der Waals surface area (Å²) in [5, 5.41) is 0. The summed E-state index contributed by atoms with van der Waals surface area (Å²) in [6, 6.07) is 10.7. The predicted octanol–water partition coefficient (Wildman–Crippen LogP) is 3.79. The van der Waals surface area contributed by atoms with E-state index in [1.54, 1.807) is 24.4 Å². The van der Waals surface area contributed by atoms with Crippen molar-refractivity contribution < 1.29 is 13.2 Å². The molecule has 1 aromatic carbocycles. The first kappa shape index (κ1) is 21.0. The maximum atomic E-state index is 12.9. The topological polar surface area (TPSA) is 40.9 Å². The monoisotopic (exact) mass is 480 g/mol. The van der Waals surface area contributed by atoms with E-state index in [1.165, 1.54) is 16.5 Å². The summed E-state index contributed by atoms with van der Waals surface area (Å²) >= 11 is 3.35. The number of nitrogens with zero attached hydrogens (tertiary/aromatic N) is 4. The Balaban J connectivity index is 1.37. The predicted molar refractivity (Wildman–Crippen MR) is 111 cm³/mol. The molecular formula is C21H20BrF3N4O. The van der Waals surface area contributed by atoms with Crippen LogP contribution in [0, 0.1) is 0 Å². The Kier molecular flexibility index (Phi) is 5.95. The first-order valence-electron chi connectivity index (χ1n) is 9.57. The molecule has 0 atom stereocenters. The Labute approximate surface area is 179 Å². The third-order valence-corrected chi connectivity index (χ3v) is 5.66. The Bertz CT molecular complexity index is 1110. The molecule has 2 aromatic heterocycles. The van der Waals surface area contributed by atoms with Crippen molar-refractivity contribution in [3.8, 4) is 0 Å². The minimum atomic E-state index is -4.32. The highest BCUT2D eigenvalue weighted by Crippen LogP contribution is 2.29. The fourth-order valence-corrected chi connectivity index (χ4v) is 3.98.